The van der Waals surface area contributed by atoms with Crippen molar-refractivity contribution in [1.29, 1.82) is 0 Å². The minimum absolute atomic E-state index is 0.0264. The van der Waals surface area contributed by atoms with Crippen LogP contribution in [0.5, 0.6) is 5.75 Å². The third-order valence-electron chi connectivity index (χ3n) is 8.13. The fraction of sp³-hybridized carbons (Fsp3) is 0.229. The average molecular weight is 575 g/mol. The number of Topliss-reactive ketones (excluding diaryl/α,β-unsaturated/α-hetero) is 1. The minimum Gasteiger partial charge on any atom is -0.507 e. The van der Waals surface area contributed by atoms with Crippen LogP contribution in [-0.4, -0.2) is 59.9 Å². The molecule has 1 unspecified atom stereocenters. The zero-order valence-corrected chi connectivity index (χ0v) is 24.3. The maximum Gasteiger partial charge on any atom is 0.300 e. The van der Waals surface area contributed by atoms with Gasteiger partial charge in [-0.15, -0.1) is 0 Å². The van der Waals surface area contributed by atoms with Crippen molar-refractivity contribution in [3.8, 4) is 5.75 Å². The number of aliphatic hydroxyl groups is 1. The highest BCUT2D eigenvalue weighted by Gasteiger charge is 2.47. The van der Waals surface area contributed by atoms with E-state index in [0.29, 0.717) is 29.2 Å². The standard InChI is InChI=1S/C35H34N4O4/c1-24-21-26(10-15-30(24)43-23-25-7-4-3-5-8-25)33(40)31-32(27-9-6-16-36-22-27)39(35(42)34(31)41)29-13-11-28(12-14-29)38-19-17-37(2)18-20-38/h3-16,21-22,32,40H,17-20,23H2,1-2H3/b33-31-. The molecule has 218 valence electrons. The molecular formula is C35H34N4O4. The Bertz CT molecular complexity index is 1650. The SMILES string of the molecule is Cc1cc(/C(O)=C2/C(=O)C(=O)N(c3ccc(N4CCN(C)CC4)cc3)C2c2cccnc2)ccc1OCc1ccccc1. The van der Waals surface area contributed by atoms with Gasteiger partial charge in [-0.2, -0.15) is 0 Å². The van der Waals surface area contributed by atoms with Gasteiger partial charge in [0.05, 0.1) is 11.6 Å². The molecule has 1 aromatic heterocycles. The molecule has 0 radical (unpaired) electrons. The Morgan fingerprint density at radius 1 is 0.907 bits per heavy atom. The van der Waals surface area contributed by atoms with Gasteiger partial charge in [-0.05, 0) is 79.2 Å². The predicted molar refractivity (Wildman–Crippen MR) is 167 cm³/mol. The number of amides is 1. The van der Waals surface area contributed by atoms with Gasteiger partial charge in [0, 0.05) is 55.5 Å². The minimum atomic E-state index is -0.836. The van der Waals surface area contributed by atoms with Crippen LogP contribution in [0.4, 0.5) is 11.4 Å². The number of aryl methyl sites for hydroxylation is 1. The zero-order valence-electron chi connectivity index (χ0n) is 24.3. The third-order valence-corrected chi connectivity index (χ3v) is 8.13. The Hall–Kier alpha value is -4.95. The summed E-state index contributed by atoms with van der Waals surface area (Å²) in [5.41, 5.74) is 4.57. The van der Waals surface area contributed by atoms with Crippen molar-refractivity contribution in [2.24, 2.45) is 0 Å². The van der Waals surface area contributed by atoms with Crippen LogP contribution < -0.4 is 14.5 Å². The molecule has 1 N–H and O–H groups in total. The fourth-order valence-corrected chi connectivity index (χ4v) is 5.69. The smallest absolute Gasteiger partial charge is 0.300 e. The van der Waals surface area contributed by atoms with Crippen molar-refractivity contribution in [3.63, 3.8) is 0 Å². The Morgan fingerprint density at radius 3 is 2.30 bits per heavy atom. The molecular weight excluding hydrogens is 540 g/mol. The Balaban J connectivity index is 1.33. The number of pyridine rings is 1. The summed E-state index contributed by atoms with van der Waals surface area (Å²) in [5.74, 6) is -0.995. The van der Waals surface area contributed by atoms with Crippen LogP contribution in [0.1, 0.15) is 28.3 Å². The van der Waals surface area contributed by atoms with Gasteiger partial charge < -0.3 is 19.6 Å². The van der Waals surface area contributed by atoms with Crippen molar-refractivity contribution in [2.45, 2.75) is 19.6 Å². The number of ether oxygens (including phenoxy) is 1. The third kappa shape index (κ3) is 5.74. The lowest BCUT2D eigenvalue weighted by Crippen LogP contribution is -2.44. The van der Waals surface area contributed by atoms with E-state index in [0.717, 1.165) is 43.0 Å². The van der Waals surface area contributed by atoms with Gasteiger partial charge in [0.15, 0.2) is 0 Å². The number of carbonyl (C=O) groups excluding carboxylic acids is 2. The molecule has 8 heteroatoms. The largest absolute Gasteiger partial charge is 0.507 e. The van der Waals surface area contributed by atoms with E-state index in [1.165, 1.54) is 4.90 Å². The number of benzene rings is 3. The molecule has 0 bridgehead atoms. The number of aliphatic hydroxyl groups excluding tert-OH is 1. The van der Waals surface area contributed by atoms with E-state index in [2.05, 4.69) is 21.8 Å². The van der Waals surface area contributed by atoms with E-state index in [9.17, 15) is 14.7 Å². The fourth-order valence-electron chi connectivity index (χ4n) is 5.69. The monoisotopic (exact) mass is 574 g/mol. The van der Waals surface area contributed by atoms with Crippen LogP contribution in [0.25, 0.3) is 5.76 Å². The summed E-state index contributed by atoms with van der Waals surface area (Å²) in [6, 6.07) is 25.6. The summed E-state index contributed by atoms with van der Waals surface area (Å²) in [7, 11) is 2.12. The summed E-state index contributed by atoms with van der Waals surface area (Å²) in [4.78, 5) is 37.5. The molecule has 0 aliphatic carbocycles. The molecule has 1 atom stereocenters. The molecule has 2 aliphatic heterocycles. The number of likely N-dealkylation sites (N-methyl/N-ethyl adjacent to an activating group) is 1. The van der Waals surface area contributed by atoms with Crippen molar-refractivity contribution in [2.75, 3.05) is 43.0 Å². The Kier molecular flexibility index (Phi) is 7.94. The molecule has 2 saturated heterocycles. The zero-order chi connectivity index (χ0) is 29.9. The quantitative estimate of drug-likeness (QED) is 0.181. The molecule has 8 nitrogen and oxygen atoms in total. The molecule has 3 aromatic carbocycles. The molecule has 6 rings (SSSR count). The van der Waals surface area contributed by atoms with Gasteiger partial charge >= 0.3 is 0 Å². The molecule has 1 amide bonds. The molecule has 2 fully saturated rings. The summed E-state index contributed by atoms with van der Waals surface area (Å²) in [6.07, 6.45) is 3.26. The number of ketones is 1. The summed E-state index contributed by atoms with van der Waals surface area (Å²) in [5, 5.41) is 11.6. The molecule has 0 spiro atoms. The lowest BCUT2D eigenvalue weighted by molar-refractivity contribution is -0.132. The first-order valence-corrected chi connectivity index (χ1v) is 14.4. The van der Waals surface area contributed by atoms with Crippen molar-refractivity contribution >= 4 is 28.8 Å². The highest BCUT2D eigenvalue weighted by atomic mass is 16.5. The van der Waals surface area contributed by atoms with Crippen LogP contribution in [-0.2, 0) is 16.2 Å². The highest BCUT2D eigenvalue weighted by molar-refractivity contribution is 6.51. The van der Waals surface area contributed by atoms with E-state index in [4.69, 9.17) is 4.74 Å². The van der Waals surface area contributed by atoms with E-state index in [1.54, 1.807) is 36.7 Å². The number of anilines is 2. The first kappa shape index (κ1) is 28.2. The van der Waals surface area contributed by atoms with Crippen LogP contribution in [0.2, 0.25) is 0 Å². The van der Waals surface area contributed by atoms with Gasteiger partial charge in [0.2, 0.25) is 0 Å². The van der Waals surface area contributed by atoms with Crippen molar-refractivity contribution in [3.05, 3.63) is 125 Å². The second-order valence-corrected chi connectivity index (χ2v) is 11.0. The number of nitrogens with zero attached hydrogens (tertiary/aromatic N) is 4. The van der Waals surface area contributed by atoms with Crippen LogP contribution in [0.3, 0.4) is 0 Å². The lowest BCUT2D eigenvalue weighted by Gasteiger charge is -2.34. The van der Waals surface area contributed by atoms with E-state index < -0.39 is 17.7 Å². The normalized spacial score (nSPS) is 18.7. The number of aromatic nitrogens is 1. The van der Waals surface area contributed by atoms with Gasteiger partial charge in [0.25, 0.3) is 11.7 Å². The Labute approximate surface area is 251 Å². The van der Waals surface area contributed by atoms with E-state index in [-0.39, 0.29) is 11.3 Å². The topological polar surface area (TPSA) is 86.2 Å². The van der Waals surface area contributed by atoms with Gasteiger partial charge in [-0.3, -0.25) is 19.5 Å². The van der Waals surface area contributed by atoms with Crippen molar-refractivity contribution in [1.82, 2.24) is 9.88 Å². The summed E-state index contributed by atoms with van der Waals surface area (Å²) >= 11 is 0. The van der Waals surface area contributed by atoms with Crippen LogP contribution in [0.15, 0.2) is 103 Å². The van der Waals surface area contributed by atoms with Crippen LogP contribution >= 0.6 is 0 Å². The number of hydrogen-bond donors (Lipinski definition) is 1. The lowest BCUT2D eigenvalue weighted by atomic mass is 9.95. The van der Waals surface area contributed by atoms with E-state index in [1.807, 2.05) is 67.6 Å². The average Bonchev–Trinajstić information content (AvgIpc) is 3.31. The van der Waals surface area contributed by atoms with E-state index >= 15 is 0 Å². The van der Waals surface area contributed by atoms with Gasteiger partial charge in [0.1, 0.15) is 18.1 Å². The first-order chi connectivity index (χ1) is 20.9. The Morgan fingerprint density at radius 2 is 1.63 bits per heavy atom. The maximum absolute atomic E-state index is 13.6. The first-order valence-electron chi connectivity index (χ1n) is 14.4. The summed E-state index contributed by atoms with van der Waals surface area (Å²) < 4.78 is 6.00. The van der Waals surface area contributed by atoms with Crippen molar-refractivity contribution < 1.29 is 19.4 Å². The van der Waals surface area contributed by atoms with Gasteiger partial charge in [-0.1, -0.05) is 36.4 Å². The van der Waals surface area contributed by atoms with Gasteiger partial charge in [-0.25, -0.2) is 0 Å². The second-order valence-electron chi connectivity index (χ2n) is 11.0. The molecule has 4 aromatic rings. The summed E-state index contributed by atoms with van der Waals surface area (Å²) in [6.45, 7) is 6.11. The van der Waals surface area contributed by atoms with Crippen LogP contribution in [0, 0.1) is 6.92 Å². The number of piperazine rings is 1. The molecule has 2 aliphatic rings. The number of carbonyl (C=O) groups is 2. The number of hydrogen-bond acceptors (Lipinski definition) is 7. The highest BCUT2D eigenvalue weighted by Crippen LogP contribution is 2.42. The molecule has 43 heavy (non-hydrogen) atoms. The molecule has 3 heterocycles. The molecule has 0 saturated carbocycles. The predicted octanol–water partition coefficient (Wildman–Crippen LogP) is 5.35. The second kappa shape index (κ2) is 12.1. The maximum atomic E-state index is 13.6. The number of rotatable bonds is 7.